The molecule has 2 saturated heterocycles. The van der Waals surface area contributed by atoms with Crippen molar-refractivity contribution in [1.82, 2.24) is 9.80 Å². The molecular formula is C19H24F2N2O2. The van der Waals surface area contributed by atoms with Crippen molar-refractivity contribution >= 4 is 11.8 Å². The van der Waals surface area contributed by atoms with E-state index in [0.717, 1.165) is 38.1 Å². The van der Waals surface area contributed by atoms with Crippen molar-refractivity contribution in [3.8, 4) is 0 Å². The van der Waals surface area contributed by atoms with Gasteiger partial charge in [0.05, 0.1) is 0 Å². The molecule has 2 aliphatic heterocycles. The summed E-state index contributed by atoms with van der Waals surface area (Å²) in [4.78, 5) is 28.7. The molecule has 2 aliphatic rings. The van der Waals surface area contributed by atoms with Gasteiger partial charge < -0.3 is 9.80 Å². The second-order valence-corrected chi connectivity index (χ2v) is 6.93. The number of halogens is 2. The van der Waals surface area contributed by atoms with E-state index in [1.807, 2.05) is 4.90 Å². The van der Waals surface area contributed by atoms with E-state index < -0.39 is 11.6 Å². The van der Waals surface area contributed by atoms with Gasteiger partial charge in [-0.1, -0.05) is 12.8 Å². The van der Waals surface area contributed by atoms with Crippen molar-refractivity contribution in [2.45, 2.75) is 38.5 Å². The average Bonchev–Trinajstić information content (AvgIpc) is 2.92. The Bertz CT molecular complexity index is 634. The second-order valence-electron chi connectivity index (χ2n) is 6.93. The van der Waals surface area contributed by atoms with E-state index >= 15 is 0 Å². The third-order valence-electron chi connectivity index (χ3n) is 5.22. The van der Waals surface area contributed by atoms with Crippen molar-refractivity contribution < 1.29 is 18.4 Å². The number of piperidine rings is 1. The lowest BCUT2D eigenvalue weighted by Crippen LogP contribution is -2.44. The smallest absolute Gasteiger partial charge is 0.253 e. The summed E-state index contributed by atoms with van der Waals surface area (Å²) in [5, 5.41) is 0. The minimum atomic E-state index is -1.02. The third kappa shape index (κ3) is 4.17. The topological polar surface area (TPSA) is 40.6 Å². The van der Waals surface area contributed by atoms with Crippen LogP contribution in [0.25, 0.3) is 0 Å². The van der Waals surface area contributed by atoms with Crippen LogP contribution in [0.3, 0.4) is 0 Å². The van der Waals surface area contributed by atoms with Crippen molar-refractivity contribution in [3.05, 3.63) is 35.4 Å². The summed E-state index contributed by atoms with van der Waals surface area (Å²) in [5.41, 5.74) is 0.149. The molecule has 25 heavy (non-hydrogen) atoms. The summed E-state index contributed by atoms with van der Waals surface area (Å²) in [6.07, 6.45) is 5.77. The molecular weight excluding hydrogens is 326 g/mol. The lowest BCUT2D eigenvalue weighted by atomic mass is 9.94. The third-order valence-corrected chi connectivity index (χ3v) is 5.22. The van der Waals surface area contributed by atoms with Crippen LogP contribution in [-0.4, -0.2) is 47.8 Å². The van der Waals surface area contributed by atoms with Crippen LogP contribution in [0.4, 0.5) is 8.78 Å². The predicted octanol–water partition coefficient (Wildman–Crippen LogP) is 3.22. The molecule has 2 amide bonds. The van der Waals surface area contributed by atoms with Gasteiger partial charge in [-0.2, -0.15) is 0 Å². The Hall–Kier alpha value is -1.98. The van der Waals surface area contributed by atoms with Crippen LogP contribution in [-0.2, 0) is 4.79 Å². The highest BCUT2D eigenvalue weighted by Crippen LogP contribution is 2.23. The zero-order chi connectivity index (χ0) is 17.8. The molecule has 0 N–H and O–H groups in total. The van der Waals surface area contributed by atoms with Crippen LogP contribution in [0.5, 0.6) is 0 Å². The predicted molar refractivity (Wildman–Crippen MR) is 90.0 cm³/mol. The van der Waals surface area contributed by atoms with Gasteiger partial charge in [0, 0.05) is 37.7 Å². The molecule has 0 aromatic heterocycles. The Morgan fingerprint density at radius 1 is 0.840 bits per heavy atom. The molecule has 0 saturated carbocycles. The summed E-state index contributed by atoms with van der Waals surface area (Å²) < 4.78 is 26.3. The first-order valence-electron chi connectivity index (χ1n) is 9.09. The van der Waals surface area contributed by atoms with Gasteiger partial charge in [-0.05, 0) is 43.9 Å². The summed E-state index contributed by atoms with van der Waals surface area (Å²) >= 11 is 0. The van der Waals surface area contributed by atoms with Crippen molar-refractivity contribution in [1.29, 1.82) is 0 Å². The van der Waals surface area contributed by atoms with Gasteiger partial charge in [-0.25, -0.2) is 8.78 Å². The van der Waals surface area contributed by atoms with E-state index in [2.05, 4.69) is 0 Å². The highest BCUT2D eigenvalue weighted by Gasteiger charge is 2.30. The number of amides is 2. The maximum atomic E-state index is 13.3. The summed E-state index contributed by atoms with van der Waals surface area (Å²) in [7, 11) is 0. The van der Waals surface area contributed by atoms with Crippen molar-refractivity contribution in [3.63, 3.8) is 0 Å². The number of hydrogen-bond acceptors (Lipinski definition) is 2. The van der Waals surface area contributed by atoms with Gasteiger partial charge in [-0.15, -0.1) is 0 Å². The Morgan fingerprint density at radius 2 is 1.48 bits per heavy atom. The van der Waals surface area contributed by atoms with Crippen LogP contribution in [0.1, 0.15) is 48.9 Å². The number of nitrogens with zero attached hydrogens (tertiary/aromatic N) is 2. The highest BCUT2D eigenvalue weighted by atomic mass is 19.2. The SMILES string of the molecule is O=C(c1ccc(F)c(F)c1)N1CCC(C(=O)N2CCCCCC2)CC1. The van der Waals surface area contributed by atoms with Gasteiger partial charge in [0.2, 0.25) is 5.91 Å². The fourth-order valence-corrected chi connectivity index (χ4v) is 3.69. The normalized spacial score (nSPS) is 19.6. The number of carbonyl (C=O) groups is 2. The Kier molecular flexibility index (Phi) is 5.66. The van der Waals surface area contributed by atoms with Crippen molar-refractivity contribution in [2.24, 2.45) is 5.92 Å². The maximum Gasteiger partial charge on any atom is 0.253 e. The molecule has 4 nitrogen and oxygen atoms in total. The monoisotopic (exact) mass is 350 g/mol. The number of rotatable bonds is 2. The van der Waals surface area contributed by atoms with Crippen LogP contribution in [0.2, 0.25) is 0 Å². The fraction of sp³-hybridized carbons (Fsp3) is 0.579. The van der Waals surface area contributed by atoms with Gasteiger partial charge in [0.1, 0.15) is 0 Å². The van der Waals surface area contributed by atoms with Gasteiger partial charge >= 0.3 is 0 Å². The molecule has 0 unspecified atom stereocenters. The Balaban J connectivity index is 1.56. The van der Waals surface area contributed by atoms with Gasteiger partial charge in [-0.3, -0.25) is 9.59 Å². The Labute approximate surface area is 146 Å². The highest BCUT2D eigenvalue weighted by molar-refractivity contribution is 5.94. The van der Waals surface area contributed by atoms with Crippen molar-refractivity contribution in [2.75, 3.05) is 26.2 Å². The van der Waals surface area contributed by atoms with E-state index in [-0.39, 0.29) is 23.3 Å². The minimum Gasteiger partial charge on any atom is -0.342 e. The van der Waals surface area contributed by atoms with Gasteiger partial charge in [0.15, 0.2) is 11.6 Å². The zero-order valence-corrected chi connectivity index (χ0v) is 14.3. The lowest BCUT2D eigenvalue weighted by Gasteiger charge is -2.34. The minimum absolute atomic E-state index is 0.0351. The molecule has 0 bridgehead atoms. The van der Waals surface area contributed by atoms with Crippen LogP contribution in [0.15, 0.2) is 18.2 Å². The molecule has 2 heterocycles. The molecule has 3 rings (SSSR count). The molecule has 0 spiro atoms. The van der Waals surface area contributed by atoms with E-state index in [4.69, 9.17) is 0 Å². The first-order chi connectivity index (χ1) is 12.1. The molecule has 6 heteroatoms. The zero-order valence-electron chi connectivity index (χ0n) is 14.3. The summed E-state index contributed by atoms with van der Waals surface area (Å²) in [6.45, 7) is 2.63. The average molecular weight is 350 g/mol. The molecule has 1 aromatic rings. The summed E-state index contributed by atoms with van der Waals surface area (Å²) in [5.74, 6) is -2.11. The van der Waals surface area contributed by atoms with E-state index in [9.17, 15) is 18.4 Å². The van der Waals surface area contributed by atoms with Crippen LogP contribution >= 0.6 is 0 Å². The van der Waals surface area contributed by atoms with Gasteiger partial charge in [0.25, 0.3) is 5.91 Å². The van der Waals surface area contributed by atoms with Crippen LogP contribution < -0.4 is 0 Å². The Morgan fingerprint density at radius 3 is 2.08 bits per heavy atom. The molecule has 0 aliphatic carbocycles. The standard InChI is InChI=1S/C19H24F2N2O2/c20-16-6-5-15(13-17(16)21)19(25)23-11-7-14(8-12-23)18(24)22-9-3-1-2-4-10-22/h5-6,13-14H,1-4,7-12H2. The quantitative estimate of drug-likeness (QED) is 0.822. The second kappa shape index (κ2) is 7.93. The molecule has 0 radical (unpaired) electrons. The number of carbonyl (C=O) groups excluding carboxylic acids is 2. The number of benzene rings is 1. The lowest BCUT2D eigenvalue weighted by molar-refractivity contribution is -0.136. The van der Waals surface area contributed by atoms with E-state index in [1.54, 1.807) is 4.90 Å². The number of hydrogen-bond donors (Lipinski definition) is 0. The summed E-state index contributed by atoms with van der Waals surface area (Å²) in [6, 6.07) is 3.21. The first kappa shape index (κ1) is 17.8. The maximum absolute atomic E-state index is 13.3. The largest absolute Gasteiger partial charge is 0.342 e. The molecule has 136 valence electrons. The van der Waals surface area contributed by atoms with E-state index in [0.29, 0.717) is 25.9 Å². The molecule has 1 aromatic carbocycles. The molecule has 0 atom stereocenters. The van der Waals surface area contributed by atoms with E-state index in [1.165, 1.54) is 18.9 Å². The molecule has 2 fully saturated rings. The van der Waals surface area contributed by atoms with Crippen LogP contribution in [0, 0.1) is 17.6 Å². The number of likely N-dealkylation sites (tertiary alicyclic amines) is 2. The first-order valence-corrected chi connectivity index (χ1v) is 9.09. The fourth-order valence-electron chi connectivity index (χ4n) is 3.69.